The highest BCUT2D eigenvalue weighted by Crippen LogP contribution is 2.64. The van der Waals surface area contributed by atoms with Crippen LogP contribution in [0.2, 0.25) is 0 Å². The number of ketones is 1. The summed E-state index contributed by atoms with van der Waals surface area (Å²) in [6.45, 7) is 0. The number of carbonyl (C=O) groups excluding carboxylic acids is 1. The van der Waals surface area contributed by atoms with Crippen LogP contribution in [-0.2, 0) is 10.2 Å². The molecule has 0 saturated heterocycles. The molecule has 0 amide bonds. The van der Waals surface area contributed by atoms with Gasteiger partial charge in [0, 0.05) is 18.3 Å². The van der Waals surface area contributed by atoms with Crippen molar-refractivity contribution >= 4 is 16.6 Å². The molecule has 0 aliphatic heterocycles. The Morgan fingerprint density at radius 1 is 1.06 bits per heavy atom. The zero-order chi connectivity index (χ0) is 11.5. The third-order valence-electron chi connectivity index (χ3n) is 4.54. The first-order valence-electron chi connectivity index (χ1n) is 6.29. The molecule has 1 nitrogen and oxygen atoms in total. The Morgan fingerprint density at radius 3 is 2.71 bits per heavy atom. The minimum Gasteiger partial charge on any atom is -0.300 e. The second kappa shape index (κ2) is 2.98. The monoisotopic (exact) mass is 222 g/mol. The van der Waals surface area contributed by atoms with E-state index in [1.807, 2.05) is 0 Å². The molecule has 84 valence electrons. The summed E-state index contributed by atoms with van der Waals surface area (Å²) in [5, 5.41) is 2.64. The van der Waals surface area contributed by atoms with Gasteiger partial charge in [-0.1, -0.05) is 42.5 Å². The molecule has 2 aliphatic rings. The lowest BCUT2D eigenvalue weighted by atomic mass is 9.89. The van der Waals surface area contributed by atoms with Gasteiger partial charge in [0.1, 0.15) is 5.78 Å². The summed E-state index contributed by atoms with van der Waals surface area (Å²) in [4.78, 5) is 11.6. The molecule has 0 N–H and O–H groups in total. The average Bonchev–Trinajstić information content (AvgIpc) is 2.92. The van der Waals surface area contributed by atoms with Crippen molar-refractivity contribution in [3.05, 3.63) is 48.0 Å². The summed E-state index contributed by atoms with van der Waals surface area (Å²) in [7, 11) is 0. The molecule has 2 aromatic rings. The molecule has 2 unspecified atom stereocenters. The van der Waals surface area contributed by atoms with Crippen LogP contribution in [0.4, 0.5) is 0 Å². The molecular formula is C16H14O. The van der Waals surface area contributed by atoms with Crippen LogP contribution in [0.25, 0.3) is 10.8 Å². The van der Waals surface area contributed by atoms with Crippen LogP contribution in [-0.4, -0.2) is 5.78 Å². The van der Waals surface area contributed by atoms with E-state index in [2.05, 4.69) is 42.5 Å². The molecule has 0 aromatic heterocycles. The van der Waals surface area contributed by atoms with Crippen molar-refractivity contribution in [1.29, 1.82) is 0 Å². The number of benzene rings is 2. The lowest BCUT2D eigenvalue weighted by Crippen LogP contribution is -2.08. The smallest absolute Gasteiger partial charge is 0.134 e. The van der Waals surface area contributed by atoms with Gasteiger partial charge in [-0.2, -0.15) is 0 Å². The van der Waals surface area contributed by atoms with Crippen molar-refractivity contribution in [2.75, 3.05) is 0 Å². The molecule has 0 heterocycles. The zero-order valence-electron chi connectivity index (χ0n) is 9.65. The van der Waals surface area contributed by atoms with Crippen molar-refractivity contribution in [1.82, 2.24) is 0 Å². The lowest BCUT2D eigenvalue weighted by Gasteiger charge is -2.14. The standard InChI is InChI=1S/C16H14O/c17-13-8-12-9-16(12,10-13)15-7-3-5-11-4-1-2-6-14(11)15/h1-7,12H,8-10H2. The Hall–Kier alpha value is -1.63. The summed E-state index contributed by atoms with van der Waals surface area (Å²) in [5.41, 5.74) is 1.62. The van der Waals surface area contributed by atoms with E-state index in [-0.39, 0.29) is 5.41 Å². The Kier molecular flexibility index (Phi) is 1.65. The van der Waals surface area contributed by atoms with E-state index in [0.29, 0.717) is 11.7 Å². The van der Waals surface area contributed by atoms with Crippen molar-refractivity contribution in [3.8, 4) is 0 Å². The highest BCUT2D eigenvalue weighted by Gasteiger charge is 2.61. The van der Waals surface area contributed by atoms with E-state index >= 15 is 0 Å². The second-order valence-corrected chi connectivity index (χ2v) is 5.50. The highest BCUT2D eigenvalue weighted by molar-refractivity contribution is 5.91. The largest absolute Gasteiger partial charge is 0.300 e. The molecule has 0 bridgehead atoms. The normalized spacial score (nSPS) is 30.6. The van der Waals surface area contributed by atoms with Crippen molar-refractivity contribution in [2.45, 2.75) is 24.7 Å². The fourth-order valence-corrected chi connectivity index (χ4v) is 3.65. The Balaban J connectivity index is 1.95. The van der Waals surface area contributed by atoms with Gasteiger partial charge in [-0.15, -0.1) is 0 Å². The maximum absolute atomic E-state index is 11.6. The summed E-state index contributed by atoms with van der Waals surface area (Å²) in [6, 6.07) is 15.0. The van der Waals surface area contributed by atoms with E-state index < -0.39 is 0 Å². The van der Waals surface area contributed by atoms with Gasteiger partial charge in [-0.05, 0) is 28.7 Å². The number of hydrogen-bond donors (Lipinski definition) is 0. The lowest BCUT2D eigenvalue weighted by molar-refractivity contribution is -0.118. The number of Topliss-reactive ketones (excluding diaryl/α,β-unsaturated/α-hetero) is 1. The minimum absolute atomic E-state index is 0.206. The first kappa shape index (κ1) is 9.41. The average molecular weight is 222 g/mol. The van der Waals surface area contributed by atoms with Gasteiger partial charge >= 0.3 is 0 Å². The topological polar surface area (TPSA) is 17.1 Å². The van der Waals surface area contributed by atoms with Gasteiger partial charge in [0.2, 0.25) is 0 Å². The number of carbonyl (C=O) groups is 1. The zero-order valence-corrected chi connectivity index (χ0v) is 9.65. The molecule has 17 heavy (non-hydrogen) atoms. The van der Waals surface area contributed by atoms with Crippen molar-refractivity contribution in [2.24, 2.45) is 5.92 Å². The third-order valence-corrected chi connectivity index (χ3v) is 4.54. The van der Waals surface area contributed by atoms with Crippen LogP contribution in [0, 0.1) is 5.92 Å². The van der Waals surface area contributed by atoms with E-state index in [1.54, 1.807) is 0 Å². The molecule has 4 rings (SSSR count). The molecule has 1 heteroatoms. The van der Waals surface area contributed by atoms with Crippen LogP contribution >= 0.6 is 0 Å². The molecule has 2 fully saturated rings. The van der Waals surface area contributed by atoms with Crippen LogP contribution in [0.3, 0.4) is 0 Å². The van der Waals surface area contributed by atoms with Crippen molar-refractivity contribution in [3.63, 3.8) is 0 Å². The quantitative estimate of drug-likeness (QED) is 0.722. The first-order chi connectivity index (χ1) is 8.29. The molecule has 2 saturated carbocycles. The predicted octanol–water partition coefficient (Wildman–Crippen LogP) is 3.46. The first-order valence-corrected chi connectivity index (χ1v) is 6.29. The van der Waals surface area contributed by atoms with E-state index in [1.165, 1.54) is 22.8 Å². The van der Waals surface area contributed by atoms with Crippen LogP contribution in [0.1, 0.15) is 24.8 Å². The Morgan fingerprint density at radius 2 is 1.88 bits per heavy atom. The second-order valence-electron chi connectivity index (χ2n) is 5.50. The molecule has 2 atom stereocenters. The Labute approximate surface area is 100 Å². The van der Waals surface area contributed by atoms with Gasteiger partial charge in [-0.3, -0.25) is 4.79 Å². The Bertz CT molecular complexity index is 623. The maximum atomic E-state index is 11.6. The summed E-state index contributed by atoms with van der Waals surface area (Å²) in [5.74, 6) is 1.08. The van der Waals surface area contributed by atoms with Gasteiger partial charge < -0.3 is 0 Å². The fourth-order valence-electron chi connectivity index (χ4n) is 3.65. The fraction of sp³-hybridized carbons (Fsp3) is 0.312. The summed E-state index contributed by atoms with van der Waals surface area (Å²) >= 11 is 0. The van der Waals surface area contributed by atoms with Gasteiger partial charge in [0.25, 0.3) is 0 Å². The van der Waals surface area contributed by atoms with Gasteiger partial charge in [-0.25, -0.2) is 0 Å². The van der Waals surface area contributed by atoms with E-state index in [4.69, 9.17) is 0 Å². The third kappa shape index (κ3) is 1.17. The molecular weight excluding hydrogens is 208 g/mol. The summed E-state index contributed by atoms with van der Waals surface area (Å²) < 4.78 is 0. The summed E-state index contributed by atoms with van der Waals surface area (Å²) in [6.07, 6.45) is 2.79. The van der Waals surface area contributed by atoms with Crippen LogP contribution in [0.15, 0.2) is 42.5 Å². The molecule has 0 spiro atoms. The molecule has 2 aromatic carbocycles. The van der Waals surface area contributed by atoms with Crippen LogP contribution < -0.4 is 0 Å². The predicted molar refractivity (Wildman–Crippen MR) is 68.0 cm³/mol. The van der Waals surface area contributed by atoms with Crippen LogP contribution in [0.5, 0.6) is 0 Å². The highest BCUT2D eigenvalue weighted by atomic mass is 16.1. The number of fused-ring (bicyclic) bond motifs is 2. The number of rotatable bonds is 1. The van der Waals surface area contributed by atoms with E-state index in [9.17, 15) is 4.79 Å². The van der Waals surface area contributed by atoms with Crippen molar-refractivity contribution < 1.29 is 4.79 Å². The van der Waals surface area contributed by atoms with Gasteiger partial charge in [0.15, 0.2) is 0 Å². The minimum atomic E-state index is 0.206. The molecule has 2 aliphatic carbocycles. The maximum Gasteiger partial charge on any atom is 0.134 e. The SMILES string of the molecule is O=C1CC2CC2(c2cccc3ccccc23)C1. The van der Waals surface area contributed by atoms with Gasteiger partial charge in [0.05, 0.1) is 0 Å². The number of hydrogen-bond acceptors (Lipinski definition) is 1. The van der Waals surface area contributed by atoms with E-state index in [0.717, 1.165) is 12.8 Å². The molecule has 0 radical (unpaired) electrons.